The summed E-state index contributed by atoms with van der Waals surface area (Å²) in [5, 5.41) is 0. The van der Waals surface area contributed by atoms with E-state index in [2.05, 4.69) is 6.92 Å². The van der Waals surface area contributed by atoms with Gasteiger partial charge >= 0.3 is 0 Å². The Kier molecular flexibility index (Phi) is 3.68. The first-order valence-electron chi connectivity index (χ1n) is 6.62. The number of rotatable bonds is 3. The van der Waals surface area contributed by atoms with Crippen molar-refractivity contribution in [3.63, 3.8) is 0 Å². The molecule has 0 radical (unpaired) electrons. The number of hydrogen-bond donors (Lipinski definition) is 1. The lowest BCUT2D eigenvalue weighted by Gasteiger charge is -2.40. The van der Waals surface area contributed by atoms with Crippen LogP contribution in [0.25, 0.3) is 0 Å². The van der Waals surface area contributed by atoms with Gasteiger partial charge in [-0.2, -0.15) is 0 Å². The Labute approximate surface area is 93.6 Å². The van der Waals surface area contributed by atoms with E-state index in [1.165, 1.54) is 44.9 Å². The maximum absolute atomic E-state index is 6.54. The van der Waals surface area contributed by atoms with E-state index < -0.39 is 0 Å². The molecule has 88 valence electrons. The van der Waals surface area contributed by atoms with E-state index >= 15 is 0 Å². The predicted molar refractivity (Wildman–Crippen MR) is 62.7 cm³/mol. The van der Waals surface area contributed by atoms with Crippen LogP contribution in [0.1, 0.15) is 51.9 Å². The molecule has 1 heterocycles. The van der Waals surface area contributed by atoms with Crippen LogP contribution in [0.5, 0.6) is 0 Å². The minimum Gasteiger partial charge on any atom is -0.381 e. The molecule has 1 saturated carbocycles. The zero-order chi connectivity index (χ0) is 10.7. The Balaban J connectivity index is 2.00. The molecule has 1 saturated heterocycles. The van der Waals surface area contributed by atoms with Crippen LogP contribution in [0.2, 0.25) is 0 Å². The summed E-state index contributed by atoms with van der Waals surface area (Å²) in [6, 6.07) is 0.425. The number of nitrogens with two attached hydrogens (primary N) is 1. The lowest BCUT2D eigenvalue weighted by molar-refractivity contribution is 0.0338. The van der Waals surface area contributed by atoms with Gasteiger partial charge < -0.3 is 10.5 Å². The first-order chi connectivity index (χ1) is 7.28. The summed E-state index contributed by atoms with van der Waals surface area (Å²) in [6.07, 6.45) is 9.15. The molecule has 2 aliphatic rings. The average molecular weight is 211 g/mol. The van der Waals surface area contributed by atoms with Crippen LogP contribution >= 0.6 is 0 Å². The Bertz CT molecular complexity index is 193. The molecule has 1 atom stereocenters. The Morgan fingerprint density at radius 1 is 1.27 bits per heavy atom. The van der Waals surface area contributed by atoms with Gasteiger partial charge in [-0.1, -0.05) is 19.8 Å². The molecule has 0 amide bonds. The summed E-state index contributed by atoms with van der Waals surface area (Å²) in [5.41, 5.74) is 7.02. The van der Waals surface area contributed by atoms with Crippen LogP contribution < -0.4 is 5.73 Å². The SMILES string of the molecule is CCC1(C(N)C2CCOCC2)CCCC1. The van der Waals surface area contributed by atoms with E-state index in [0.717, 1.165) is 19.1 Å². The first-order valence-corrected chi connectivity index (χ1v) is 6.62. The van der Waals surface area contributed by atoms with Gasteiger partial charge in [-0.25, -0.2) is 0 Å². The normalized spacial score (nSPS) is 29.2. The van der Waals surface area contributed by atoms with E-state index in [9.17, 15) is 0 Å². The van der Waals surface area contributed by atoms with Gasteiger partial charge in [0.2, 0.25) is 0 Å². The fourth-order valence-electron chi connectivity index (χ4n) is 3.58. The number of ether oxygens (including phenoxy) is 1. The van der Waals surface area contributed by atoms with Crippen molar-refractivity contribution >= 4 is 0 Å². The molecule has 2 fully saturated rings. The van der Waals surface area contributed by atoms with Gasteiger partial charge in [0.1, 0.15) is 0 Å². The fraction of sp³-hybridized carbons (Fsp3) is 1.00. The van der Waals surface area contributed by atoms with E-state index in [-0.39, 0.29) is 0 Å². The second-order valence-electron chi connectivity index (χ2n) is 5.40. The summed E-state index contributed by atoms with van der Waals surface area (Å²) in [4.78, 5) is 0. The van der Waals surface area contributed by atoms with Crippen molar-refractivity contribution in [1.29, 1.82) is 0 Å². The van der Waals surface area contributed by atoms with Crippen LogP contribution in [0.15, 0.2) is 0 Å². The van der Waals surface area contributed by atoms with Crippen molar-refractivity contribution in [2.45, 2.75) is 57.9 Å². The molecule has 2 rings (SSSR count). The summed E-state index contributed by atoms with van der Waals surface area (Å²) in [6.45, 7) is 4.18. The molecule has 0 spiro atoms. The predicted octanol–water partition coefficient (Wildman–Crippen LogP) is 2.71. The van der Waals surface area contributed by atoms with Crippen LogP contribution in [0.3, 0.4) is 0 Å². The quantitative estimate of drug-likeness (QED) is 0.779. The third-order valence-corrected chi connectivity index (χ3v) is 4.78. The molecule has 1 aliphatic carbocycles. The van der Waals surface area contributed by atoms with Crippen molar-refractivity contribution in [1.82, 2.24) is 0 Å². The van der Waals surface area contributed by atoms with E-state index in [1.807, 2.05) is 0 Å². The van der Waals surface area contributed by atoms with Gasteiger partial charge in [0, 0.05) is 19.3 Å². The molecule has 0 aromatic carbocycles. The zero-order valence-electron chi connectivity index (χ0n) is 10.0. The lowest BCUT2D eigenvalue weighted by Crippen LogP contribution is -2.46. The highest BCUT2D eigenvalue weighted by Gasteiger charge is 2.41. The molecule has 15 heavy (non-hydrogen) atoms. The third-order valence-electron chi connectivity index (χ3n) is 4.78. The van der Waals surface area contributed by atoms with Crippen LogP contribution in [0, 0.1) is 11.3 Å². The van der Waals surface area contributed by atoms with Gasteiger partial charge in [0.25, 0.3) is 0 Å². The van der Waals surface area contributed by atoms with Crippen LogP contribution in [-0.4, -0.2) is 19.3 Å². The lowest BCUT2D eigenvalue weighted by atomic mass is 9.70. The highest BCUT2D eigenvalue weighted by atomic mass is 16.5. The van der Waals surface area contributed by atoms with Gasteiger partial charge in [-0.05, 0) is 43.4 Å². The molecule has 2 nitrogen and oxygen atoms in total. The molecule has 2 N–H and O–H groups in total. The molecule has 1 unspecified atom stereocenters. The van der Waals surface area contributed by atoms with E-state index in [0.29, 0.717) is 11.5 Å². The third kappa shape index (κ3) is 2.21. The summed E-state index contributed by atoms with van der Waals surface area (Å²) >= 11 is 0. The molecule has 0 bridgehead atoms. The topological polar surface area (TPSA) is 35.2 Å². The minimum absolute atomic E-state index is 0.425. The fourth-order valence-corrected chi connectivity index (χ4v) is 3.58. The minimum atomic E-state index is 0.425. The molecular weight excluding hydrogens is 186 g/mol. The van der Waals surface area contributed by atoms with E-state index in [1.54, 1.807) is 0 Å². The Hall–Kier alpha value is -0.0800. The van der Waals surface area contributed by atoms with E-state index in [4.69, 9.17) is 10.5 Å². The zero-order valence-corrected chi connectivity index (χ0v) is 10.0. The summed E-state index contributed by atoms with van der Waals surface area (Å²) < 4.78 is 5.42. The molecule has 0 aromatic rings. The van der Waals surface area contributed by atoms with Gasteiger partial charge in [0.15, 0.2) is 0 Å². The standard InChI is InChI=1S/C13H25NO/c1-2-13(7-3-4-8-13)12(14)11-5-9-15-10-6-11/h11-12H,2-10,14H2,1H3. The smallest absolute Gasteiger partial charge is 0.0469 e. The summed E-state index contributed by atoms with van der Waals surface area (Å²) in [5.74, 6) is 0.719. The van der Waals surface area contributed by atoms with Crippen molar-refractivity contribution in [3.8, 4) is 0 Å². The van der Waals surface area contributed by atoms with Crippen molar-refractivity contribution in [3.05, 3.63) is 0 Å². The Morgan fingerprint density at radius 3 is 2.40 bits per heavy atom. The monoisotopic (exact) mass is 211 g/mol. The molecule has 1 aliphatic heterocycles. The van der Waals surface area contributed by atoms with Crippen molar-refractivity contribution in [2.24, 2.45) is 17.1 Å². The van der Waals surface area contributed by atoms with Crippen molar-refractivity contribution < 1.29 is 4.74 Å². The summed E-state index contributed by atoms with van der Waals surface area (Å²) in [7, 11) is 0. The molecule has 0 aromatic heterocycles. The van der Waals surface area contributed by atoms with Gasteiger partial charge in [-0.3, -0.25) is 0 Å². The van der Waals surface area contributed by atoms with Gasteiger partial charge in [-0.15, -0.1) is 0 Å². The maximum Gasteiger partial charge on any atom is 0.0469 e. The largest absolute Gasteiger partial charge is 0.381 e. The molecular formula is C13H25NO. The Morgan fingerprint density at radius 2 is 1.87 bits per heavy atom. The van der Waals surface area contributed by atoms with Crippen LogP contribution in [0.4, 0.5) is 0 Å². The first kappa shape index (κ1) is 11.4. The highest BCUT2D eigenvalue weighted by Crippen LogP contribution is 2.46. The maximum atomic E-state index is 6.54. The molecule has 2 heteroatoms. The van der Waals surface area contributed by atoms with Crippen molar-refractivity contribution in [2.75, 3.05) is 13.2 Å². The van der Waals surface area contributed by atoms with Crippen LogP contribution in [-0.2, 0) is 4.74 Å². The average Bonchev–Trinajstić information content (AvgIpc) is 2.79. The van der Waals surface area contributed by atoms with Gasteiger partial charge in [0.05, 0.1) is 0 Å². The number of hydrogen-bond acceptors (Lipinski definition) is 2. The second-order valence-corrected chi connectivity index (χ2v) is 5.40. The highest BCUT2D eigenvalue weighted by molar-refractivity contribution is 4.95. The second kappa shape index (κ2) is 4.84.